The minimum absolute atomic E-state index is 0.236. The molecule has 0 bridgehead atoms. The number of rotatable bonds is 5. The first-order chi connectivity index (χ1) is 11.0. The van der Waals surface area contributed by atoms with Crippen LogP contribution in [0.15, 0.2) is 52.7 Å². The van der Waals surface area contributed by atoms with Crippen molar-refractivity contribution >= 4 is 43.5 Å². The van der Waals surface area contributed by atoms with Crippen molar-refractivity contribution in [2.24, 2.45) is 0 Å². The number of carbonyl (C=O) groups excluding carboxylic acids is 1. The summed E-state index contributed by atoms with van der Waals surface area (Å²) in [5, 5.41) is 12.7. The van der Waals surface area contributed by atoms with Gasteiger partial charge >= 0.3 is 0 Å². The molecule has 2 aromatic heterocycles. The van der Waals surface area contributed by atoms with Crippen molar-refractivity contribution < 1.29 is 13.2 Å². The topological polar surface area (TPSA) is 89.0 Å². The van der Waals surface area contributed by atoms with E-state index >= 15 is 0 Å². The Hall–Kier alpha value is -2.10. The number of sulfone groups is 1. The second-order valence-electron chi connectivity index (χ2n) is 4.50. The van der Waals surface area contributed by atoms with Crippen molar-refractivity contribution in [3.63, 3.8) is 0 Å². The molecule has 0 aliphatic heterocycles. The fourth-order valence-corrected chi connectivity index (χ4v) is 4.77. The van der Waals surface area contributed by atoms with Gasteiger partial charge in [0.1, 0.15) is 10.8 Å². The zero-order valence-electron chi connectivity index (χ0n) is 11.7. The molecule has 0 aliphatic carbocycles. The van der Waals surface area contributed by atoms with Crippen LogP contribution in [0.25, 0.3) is 0 Å². The van der Waals surface area contributed by atoms with Gasteiger partial charge in [0.15, 0.2) is 9.84 Å². The van der Waals surface area contributed by atoms with Crippen LogP contribution in [0.1, 0.15) is 14.7 Å². The Kier molecular flexibility index (Phi) is 4.51. The quantitative estimate of drug-likeness (QED) is 0.751. The monoisotopic (exact) mass is 365 g/mol. The molecule has 0 spiro atoms. The number of hydrogen-bond acceptors (Lipinski definition) is 7. The molecule has 3 aromatic rings. The maximum absolute atomic E-state index is 12.3. The van der Waals surface area contributed by atoms with Gasteiger partial charge in [-0.25, -0.2) is 8.42 Å². The van der Waals surface area contributed by atoms with Crippen LogP contribution in [0, 0.1) is 0 Å². The largest absolute Gasteiger partial charge is 0.296 e. The maximum atomic E-state index is 12.3. The number of thiophene rings is 1. The number of amides is 1. The molecule has 0 saturated heterocycles. The van der Waals surface area contributed by atoms with Gasteiger partial charge in [-0.15, -0.1) is 21.5 Å². The van der Waals surface area contributed by atoms with Crippen molar-refractivity contribution in [2.45, 2.75) is 10.6 Å². The minimum Gasteiger partial charge on any atom is -0.296 e. The molecular formula is C14H11N3O3S3. The van der Waals surface area contributed by atoms with E-state index in [4.69, 9.17) is 0 Å². The van der Waals surface area contributed by atoms with E-state index in [0.717, 1.165) is 11.3 Å². The van der Waals surface area contributed by atoms with Crippen molar-refractivity contribution in [3.05, 3.63) is 57.7 Å². The lowest BCUT2D eigenvalue weighted by atomic mass is 10.4. The Morgan fingerprint density at radius 3 is 2.57 bits per heavy atom. The van der Waals surface area contributed by atoms with Gasteiger partial charge in [0.2, 0.25) is 5.13 Å². The van der Waals surface area contributed by atoms with E-state index in [1.807, 2.05) is 0 Å². The van der Waals surface area contributed by atoms with Crippen molar-refractivity contribution in [2.75, 3.05) is 5.32 Å². The fraction of sp³-hybridized carbons (Fsp3) is 0.0714. The summed E-state index contributed by atoms with van der Waals surface area (Å²) in [6.45, 7) is 0. The molecule has 0 atom stereocenters. The SMILES string of the molecule is O=C(Nc1nnc(CS(=O)(=O)c2ccccc2)s1)c1cccs1. The standard InChI is InChI=1S/C14H11N3O3S3/c18-13(11-7-4-8-21-11)15-14-17-16-12(22-14)9-23(19,20)10-5-2-1-3-6-10/h1-8H,9H2,(H,15,17,18). The zero-order valence-corrected chi connectivity index (χ0v) is 14.1. The van der Waals surface area contributed by atoms with Gasteiger partial charge in [0.05, 0.1) is 9.77 Å². The summed E-state index contributed by atoms with van der Waals surface area (Å²) in [6, 6.07) is 11.6. The van der Waals surface area contributed by atoms with Crippen LogP contribution in [0.4, 0.5) is 5.13 Å². The lowest BCUT2D eigenvalue weighted by Crippen LogP contribution is -2.09. The van der Waals surface area contributed by atoms with E-state index in [0.29, 0.717) is 9.88 Å². The summed E-state index contributed by atoms with van der Waals surface area (Å²) in [4.78, 5) is 12.7. The van der Waals surface area contributed by atoms with Crippen LogP contribution >= 0.6 is 22.7 Å². The molecule has 0 aliphatic rings. The van der Waals surface area contributed by atoms with Crippen molar-refractivity contribution in [1.29, 1.82) is 0 Å². The molecule has 0 unspecified atom stereocenters. The Morgan fingerprint density at radius 2 is 1.87 bits per heavy atom. The lowest BCUT2D eigenvalue weighted by molar-refractivity contribution is 0.103. The number of nitrogens with one attached hydrogen (secondary N) is 1. The third-order valence-corrected chi connectivity index (χ3v) is 6.38. The van der Waals surface area contributed by atoms with Crippen LogP contribution in [0.2, 0.25) is 0 Å². The lowest BCUT2D eigenvalue weighted by Gasteiger charge is -2.00. The summed E-state index contributed by atoms with van der Waals surface area (Å²) in [6.07, 6.45) is 0. The predicted molar refractivity (Wildman–Crippen MR) is 89.5 cm³/mol. The molecule has 9 heteroatoms. The van der Waals surface area contributed by atoms with Gasteiger partial charge in [0.25, 0.3) is 5.91 Å². The normalized spacial score (nSPS) is 11.3. The van der Waals surface area contributed by atoms with E-state index in [1.54, 1.807) is 35.7 Å². The van der Waals surface area contributed by atoms with E-state index in [2.05, 4.69) is 15.5 Å². The summed E-state index contributed by atoms with van der Waals surface area (Å²) >= 11 is 2.36. The molecule has 3 rings (SSSR count). The van der Waals surface area contributed by atoms with E-state index in [-0.39, 0.29) is 21.7 Å². The van der Waals surface area contributed by atoms with Crippen LogP contribution in [0.5, 0.6) is 0 Å². The zero-order chi connectivity index (χ0) is 16.3. The number of carbonyl (C=O) groups is 1. The van der Waals surface area contributed by atoms with E-state index in [1.165, 1.54) is 23.5 Å². The maximum Gasteiger partial charge on any atom is 0.267 e. The second kappa shape index (κ2) is 6.57. The first kappa shape index (κ1) is 15.8. The molecule has 6 nitrogen and oxygen atoms in total. The molecule has 23 heavy (non-hydrogen) atoms. The van der Waals surface area contributed by atoms with Gasteiger partial charge < -0.3 is 0 Å². The number of anilines is 1. The predicted octanol–water partition coefficient (Wildman–Crippen LogP) is 2.83. The van der Waals surface area contributed by atoms with Gasteiger partial charge in [-0.05, 0) is 23.6 Å². The van der Waals surface area contributed by atoms with Crippen LogP contribution in [-0.4, -0.2) is 24.5 Å². The smallest absolute Gasteiger partial charge is 0.267 e. The third kappa shape index (κ3) is 3.81. The van der Waals surface area contributed by atoms with Crippen molar-refractivity contribution in [1.82, 2.24) is 10.2 Å². The average Bonchev–Trinajstić information content (AvgIpc) is 3.20. The molecule has 1 amide bonds. The molecule has 0 fully saturated rings. The Morgan fingerprint density at radius 1 is 1.09 bits per heavy atom. The minimum atomic E-state index is -3.47. The van der Waals surface area contributed by atoms with E-state index in [9.17, 15) is 13.2 Å². The number of aromatic nitrogens is 2. The van der Waals surface area contributed by atoms with E-state index < -0.39 is 9.84 Å². The fourth-order valence-electron chi connectivity index (χ4n) is 1.80. The molecule has 1 aromatic carbocycles. The molecule has 2 heterocycles. The third-order valence-electron chi connectivity index (χ3n) is 2.85. The van der Waals surface area contributed by atoms with Crippen molar-refractivity contribution in [3.8, 4) is 0 Å². The number of nitrogens with zero attached hydrogens (tertiary/aromatic N) is 2. The molecular weight excluding hydrogens is 354 g/mol. The highest BCUT2D eigenvalue weighted by molar-refractivity contribution is 7.90. The van der Waals surface area contributed by atoms with Gasteiger partial charge in [-0.3, -0.25) is 10.1 Å². The second-order valence-corrected chi connectivity index (χ2v) is 8.50. The molecule has 1 N–H and O–H groups in total. The molecule has 0 radical (unpaired) electrons. The Labute approximate surface area is 140 Å². The molecule has 118 valence electrons. The number of hydrogen-bond donors (Lipinski definition) is 1. The van der Waals surface area contributed by atoms with Crippen LogP contribution < -0.4 is 5.32 Å². The number of benzene rings is 1. The molecule has 0 saturated carbocycles. The first-order valence-corrected chi connectivity index (χ1v) is 9.84. The van der Waals surface area contributed by atoms with Gasteiger partial charge in [-0.1, -0.05) is 35.6 Å². The summed E-state index contributed by atoms with van der Waals surface area (Å²) in [5.41, 5.74) is 0. The van der Waals surface area contributed by atoms with Crippen LogP contribution in [-0.2, 0) is 15.6 Å². The summed E-state index contributed by atoms with van der Waals surface area (Å²) in [7, 11) is -3.47. The van der Waals surface area contributed by atoms with Crippen LogP contribution in [0.3, 0.4) is 0 Å². The Balaban J connectivity index is 1.71. The summed E-state index contributed by atoms with van der Waals surface area (Å²) in [5.74, 6) is -0.530. The van der Waals surface area contributed by atoms with Gasteiger partial charge in [-0.2, -0.15) is 0 Å². The van der Waals surface area contributed by atoms with Gasteiger partial charge in [0, 0.05) is 0 Å². The average molecular weight is 365 g/mol. The highest BCUT2D eigenvalue weighted by Gasteiger charge is 2.19. The summed E-state index contributed by atoms with van der Waals surface area (Å²) < 4.78 is 24.5. The Bertz CT molecular complexity index is 903. The highest BCUT2D eigenvalue weighted by atomic mass is 32.2. The highest BCUT2D eigenvalue weighted by Crippen LogP contribution is 2.22. The first-order valence-electron chi connectivity index (χ1n) is 6.50.